The Hall–Kier alpha value is -1.87. The van der Waals surface area contributed by atoms with E-state index in [4.69, 9.17) is 4.98 Å². The molecule has 0 amide bonds. The van der Waals surface area contributed by atoms with E-state index in [2.05, 4.69) is 74.4 Å². The highest BCUT2D eigenvalue weighted by Crippen LogP contribution is 2.27. The monoisotopic (exact) mass is 283 g/mol. The quantitative estimate of drug-likeness (QED) is 0.899. The van der Waals surface area contributed by atoms with Crippen LogP contribution in [-0.4, -0.2) is 19.1 Å². The van der Waals surface area contributed by atoms with Crippen LogP contribution in [0.2, 0.25) is 0 Å². The van der Waals surface area contributed by atoms with E-state index in [0.717, 1.165) is 18.1 Å². The molecule has 1 heterocycles. The maximum Gasteiger partial charge on any atom is 0.133 e. The second-order valence-corrected chi connectivity index (χ2v) is 5.79. The zero-order chi connectivity index (χ0) is 15.4. The van der Waals surface area contributed by atoms with Gasteiger partial charge in [0.05, 0.1) is 0 Å². The first kappa shape index (κ1) is 15.5. The largest absolute Gasteiger partial charge is 0.329 e. The van der Waals surface area contributed by atoms with Crippen molar-refractivity contribution in [3.05, 3.63) is 53.2 Å². The van der Waals surface area contributed by atoms with Crippen LogP contribution in [-0.2, 0) is 6.54 Å². The second kappa shape index (κ2) is 6.72. The van der Waals surface area contributed by atoms with Crippen molar-refractivity contribution in [1.29, 1.82) is 0 Å². The molecule has 112 valence electrons. The number of benzene rings is 1. The number of aromatic nitrogens is 1. The van der Waals surface area contributed by atoms with Crippen molar-refractivity contribution in [2.75, 3.05) is 19.0 Å². The maximum absolute atomic E-state index is 4.83. The fourth-order valence-electron chi connectivity index (χ4n) is 2.43. The molecule has 0 bridgehead atoms. The van der Waals surface area contributed by atoms with E-state index in [-0.39, 0.29) is 0 Å². The molecule has 0 saturated carbocycles. The third kappa shape index (κ3) is 3.61. The van der Waals surface area contributed by atoms with E-state index in [1.807, 2.05) is 7.05 Å². The van der Waals surface area contributed by atoms with Gasteiger partial charge in [-0.05, 0) is 49.2 Å². The minimum atomic E-state index is 0.422. The zero-order valence-corrected chi connectivity index (χ0v) is 13.6. The van der Waals surface area contributed by atoms with Crippen LogP contribution in [0, 0.1) is 6.92 Å². The molecule has 3 nitrogen and oxygen atoms in total. The number of aryl methyl sites for hydroxylation is 1. The van der Waals surface area contributed by atoms with Crippen LogP contribution in [0.25, 0.3) is 0 Å². The van der Waals surface area contributed by atoms with Crippen molar-refractivity contribution in [3.63, 3.8) is 0 Å². The molecule has 1 aromatic carbocycles. The van der Waals surface area contributed by atoms with Gasteiger partial charge in [0.1, 0.15) is 5.82 Å². The van der Waals surface area contributed by atoms with Crippen molar-refractivity contribution in [1.82, 2.24) is 10.3 Å². The lowest BCUT2D eigenvalue weighted by Crippen LogP contribution is -2.15. The lowest BCUT2D eigenvalue weighted by Gasteiger charge is -2.22. The molecule has 0 aliphatic carbocycles. The van der Waals surface area contributed by atoms with Crippen molar-refractivity contribution >= 4 is 11.5 Å². The Balaban J connectivity index is 2.44. The topological polar surface area (TPSA) is 28.2 Å². The molecule has 3 heteroatoms. The van der Waals surface area contributed by atoms with E-state index in [1.54, 1.807) is 0 Å². The summed E-state index contributed by atoms with van der Waals surface area (Å²) in [6, 6.07) is 12.8. The molecule has 0 spiro atoms. The molecule has 1 N–H and O–H groups in total. The van der Waals surface area contributed by atoms with Crippen molar-refractivity contribution < 1.29 is 0 Å². The normalized spacial score (nSPS) is 11.0. The minimum Gasteiger partial charge on any atom is -0.329 e. The van der Waals surface area contributed by atoms with Gasteiger partial charge >= 0.3 is 0 Å². The first-order valence-corrected chi connectivity index (χ1v) is 7.47. The summed E-state index contributed by atoms with van der Waals surface area (Å²) >= 11 is 0. The van der Waals surface area contributed by atoms with Crippen LogP contribution in [0.5, 0.6) is 0 Å². The highest BCUT2D eigenvalue weighted by molar-refractivity contribution is 5.63. The lowest BCUT2D eigenvalue weighted by molar-refractivity contribution is 0.786. The first-order valence-electron chi connectivity index (χ1n) is 7.47. The Morgan fingerprint density at radius 3 is 2.52 bits per heavy atom. The van der Waals surface area contributed by atoms with Gasteiger partial charge in [-0.2, -0.15) is 0 Å². The summed E-state index contributed by atoms with van der Waals surface area (Å²) in [6.07, 6.45) is 0. The van der Waals surface area contributed by atoms with Gasteiger partial charge in [-0.25, -0.2) is 4.98 Å². The second-order valence-electron chi connectivity index (χ2n) is 5.79. The molecule has 0 atom stereocenters. The Kier molecular flexibility index (Phi) is 4.97. The number of pyridine rings is 1. The lowest BCUT2D eigenvalue weighted by atomic mass is 10.1. The molecule has 1 aromatic heterocycles. The molecule has 0 saturated heterocycles. The molecule has 0 radical (unpaired) electrons. The Labute approximate surface area is 128 Å². The molecule has 0 aliphatic rings. The fraction of sp³-hybridized carbons (Fsp3) is 0.389. The van der Waals surface area contributed by atoms with Crippen LogP contribution in [0.15, 0.2) is 36.4 Å². The summed E-state index contributed by atoms with van der Waals surface area (Å²) in [5.41, 5.74) is 4.86. The van der Waals surface area contributed by atoms with Gasteiger partial charge in [0, 0.05) is 25.0 Å². The summed E-state index contributed by atoms with van der Waals surface area (Å²) < 4.78 is 0. The summed E-state index contributed by atoms with van der Waals surface area (Å²) in [4.78, 5) is 7.00. The predicted molar refractivity (Wildman–Crippen MR) is 90.3 cm³/mol. The third-order valence-corrected chi connectivity index (χ3v) is 3.68. The molecule has 21 heavy (non-hydrogen) atoms. The number of anilines is 2. The smallest absolute Gasteiger partial charge is 0.133 e. The Bertz CT molecular complexity index is 605. The van der Waals surface area contributed by atoms with Gasteiger partial charge < -0.3 is 10.2 Å². The van der Waals surface area contributed by atoms with E-state index in [0.29, 0.717) is 5.92 Å². The van der Waals surface area contributed by atoms with Gasteiger partial charge in [-0.1, -0.05) is 32.0 Å². The summed E-state index contributed by atoms with van der Waals surface area (Å²) in [7, 11) is 4.05. The SMILES string of the molecule is CNCc1cc(C(C)C)nc(N(C)c2ccccc2C)c1. The van der Waals surface area contributed by atoms with Crippen molar-refractivity contribution in [2.24, 2.45) is 0 Å². The molecule has 2 aromatic rings. The molecule has 0 fully saturated rings. The standard InChI is InChI=1S/C18H25N3/c1-13(2)16-10-15(12-19-4)11-18(20-16)21(5)17-9-7-6-8-14(17)3/h6-11,13,19H,12H2,1-5H3. The van der Waals surface area contributed by atoms with Crippen LogP contribution in [0.4, 0.5) is 11.5 Å². The fourth-order valence-corrected chi connectivity index (χ4v) is 2.43. The number of hydrogen-bond acceptors (Lipinski definition) is 3. The number of rotatable bonds is 5. The number of hydrogen-bond donors (Lipinski definition) is 1. The number of nitrogens with zero attached hydrogens (tertiary/aromatic N) is 2. The average Bonchev–Trinajstić information content (AvgIpc) is 2.47. The van der Waals surface area contributed by atoms with Gasteiger partial charge in [-0.15, -0.1) is 0 Å². The zero-order valence-electron chi connectivity index (χ0n) is 13.6. The van der Waals surface area contributed by atoms with E-state index in [9.17, 15) is 0 Å². The van der Waals surface area contributed by atoms with Crippen LogP contribution in [0.3, 0.4) is 0 Å². The third-order valence-electron chi connectivity index (χ3n) is 3.68. The van der Waals surface area contributed by atoms with E-state index in [1.165, 1.54) is 16.8 Å². The maximum atomic E-state index is 4.83. The van der Waals surface area contributed by atoms with Crippen LogP contribution >= 0.6 is 0 Å². The van der Waals surface area contributed by atoms with Crippen LogP contribution < -0.4 is 10.2 Å². The van der Waals surface area contributed by atoms with Crippen molar-refractivity contribution in [3.8, 4) is 0 Å². The highest BCUT2D eigenvalue weighted by Gasteiger charge is 2.12. The van der Waals surface area contributed by atoms with Gasteiger partial charge in [0.15, 0.2) is 0 Å². The van der Waals surface area contributed by atoms with Gasteiger partial charge in [-0.3, -0.25) is 0 Å². The number of para-hydroxylation sites is 1. The number of nitrogens with one attached hydrogen (secondary N) is 1. The summed E-state index contributed by atoms with van der Waals surface area (Å²) in [5.74, 6) is 1.42. The van der Waals surface area contributed by atoms with E-state index < -0.39 is 0 Å². The molecule has 0 unspecified atom stereocenters. The average molecular weight is 283 g/mol. The highest BCUT2D eigenvalue weighted by atomic mass is 15.2. The summed E-state index contributed by atoms with van der Waals surface area (Å²) in [5, 5.41) is 3.22. The first-order chi connectivity index (χ1) is 10.0. The molecular formula is C18H25N3. The van der Waals surface area contributed by atoms with Crippen LogP contribution in [0.1, 0.15) is 36.6 Å². The molecule has 0 aliphatic heterocycles. The van der Waals surface area contributed by atoms with E-state index >= 15 is 0 Å². The van der Waals surface area contributed by atoms with Crippen molar-refractivity contribution in [2.45, 2.75) is 33.2 Å². The molecule has 2 rings (SSSR count). The minimum absolute atomic E-state index is 0.422. The Morgan fingerprint density at radius 1 is 1.19 bits per heavy atom. The molecular weight excluding hydrogens is 258 g/mol. The summed E-state index contributed by atoms with van der Waals surface area (Å²) in [6.45, 7) is 7.36. The Morgan fingerprint density at radius 2 is 1.90 bits per heavy atom. The predicted octanol–water partition coefficient (Wildman–Crippen LogP) is 4.00. The van der Waals surface area contributed by atoms with Gasteiger partial charge in [0.25, 0.3) is 0 Å². The van der Waals surface area contributed by atoms with Gasteiger partial charge in [0.2, 0.25) is 0 Å².